The Bertz CT molecular complexity index is 508. The maximum absolute atomic E-state index is 12.2. The van der Waals surface area contributed by atoms with Crippen LogP contribution in [0.1, 0.15) is 38.2 Å². The first-order chi connectivity index (χ1) is 9.46. The molecule has 0 amide bonds. The first kappa shape index (κ1) is 15.5. The fraction of sp³-hybridized carbons (Fsp3) is 0.600. The van der Waals surface area contributed by atoms with Crippen LogP contribution in [-0.4, -0.2) is 32.8 Å². The van der Waals surface area contributed by atoms with Crippen molar-refractivity contribution in [1.82, 2.24) is 10.0 Å². The molecule has 1 aliphatic rings. The highest BCUT2D eigenvalue weighted by Gasteiger charge is 2.24. The fourth-order valence-corrected chi connectivity index (χ4v) is 4.26. The van der Waals surface area contributed by atoms with Gasteiger partial charge in [0.2, 0.25) is 10.0 Å². The van der Waals surface area contributed by atoms with Crippen LogP contribution in [-0.2, 0) is 10.0 Å². The summed E-state index contributed by atoms with van der Waals surface area (Å²) in [5.41, 5.74) is 1.06. The monoisotopic (exact) mass is 296 g/mol. The Hall–Kier alpha value is -0.910. The molecule has 5 heteroatoms. The van der Waals surface area contributed by atoms with E-state index in [1.165, 1.54) is 0 Å². The fourth-order valence-electron chi connectivity index (χ4n) is 2.61. The number of nitrogens with one attached hydrogen (secondary N) is 2. The normalized spacial score (nSPS) is 25.3. The maximum atomic E-state index is 12.2. The van der Waals surface area contributed by atoms with Gasteiger partial charge >= 0.3 is 0 Å². The summed E-state index contributed by atoms with van der Waals surface area (Å²) in [5.74, 6) is 0.146. The summed E-state index contributed by atoms with van der Waals surface area (Å²) in [6.45, 7) is 4.80. The predicted octanol–water partition coefficient (Wildman–Crippen LogP) is 1.85. The van der Waals surface area contributed by atoms with Gasteiger partial charge < -0.3 is 5.32 Å². The van der Waals surface area contributed by atoms with Crippen molar-refractivity contribution >= 4 is 10.0 Å². The van der Waals surface area contributed by atoms with Crippen molar-refractivity contribution in [2.75, 3.05) is 12.3 Å². The van der Waals surface area contributed by atoms with Crippen molar-refractivity contribution in [3.05, 3.63) is 35.9 Å². The SMILES string of the molecule is CC1CCC(NS(=O)(=O)CC(C)c2ccccc2)CN1. The third kappa shape index (κ3) is 4.58. The molecule has 1 aromatic carbocycles. The second kappa shape index (κ2) is 6.70. The average Bonchev–Trinajstić information content (AvgIpc) is 2.41. The molecule has 0 saturated carbocycles. The highest BCUT2D eigenvalue weighted by molar-refractivity contribution is 7.89. The number of hydrogen-bond donors (Lipinski definition) is 2. The minimum Gasteiger partial charge on any atom is -0.313 e. The van der Waals surface area contributed by atoms with Crippen molar-refractivity contribution in [2.24, 2.45) is 0 Å². The van der Waals surface area contributed by atoms with Crippen LogP contribution in [0, 0.1) is 0 Å². The molecule has 4 nitrogen and oxygen atoms in total. The van der Waals surface area contributed by atoms with Crippen molar-refractivity contribution in [3.63, 3.8) is 0 Å². The molecule has 0 bridgehead atoms. The van der Waals surface area contributed by atoms with Gasteiger partial charge in [-0.1, -0.05) is 37.3 Å². The minimum atomic E-state index is -3.24. The lowest BCUT2D eigenvalue weighted by Gasteiger charge is -2.28. The zero-order valence-electron chi connectivity index (χ0n) is 12.2. The molecule has 1 aliphatic heterocycles. The van der Waals surface area contributed by atoms with E-state index in [4.69, 9.17) is 0 Å². The number of hydrogen-bond acceptors (Lipinski definition) is 3. The summed E-state index contributed by atoms with van der Waals surface area (Å²) in [7, 11) is -3.24. The van der Waals surface area contributed by atoms with E-state index in [1.807, 2.05) is 37.3 Å². The van der Waals surface area contributed by atoms with Crippen LogP contribution in [0.2, 0.25) is 0 Å². The highest BCUT2D eigenvalue weighted by Crippen LogP contribution is 2.17. The Morgan fingerprint density at radius 1 is 1.30 bits per heavy atom. The Morgan fingerprint density at radius 2 is 2.00 bits per heavy atom. The number of sulfonamides is 1. The van der Waals surface area contributed by atoms with E-state index in [0.29, 0.717) is 6.04 Å². The molecular weight excluding hydrogens is 272 g/mol. The van der Waals surface area contributed by atoms with E-state index >= 15 is 0 Å². The Kier molecular flexibility index (Phi) is 5.18. The molecule has 3 atom stereocenters. The molecule has 2 N–H and O–H groups in total. The summed E-state index contributed by atoms with van der Waals surface area (Å²) >= 11 is 0. The molecule has 1 heterocycles. The lowest BCUT2D eigenvalue weighted by Crippen LogP contribution is -2.49. The van der Waals surface area contributed by atoms with E-state index in [0.717, 1.165) is 24.9 Å². The largest absolute Gasteiger partial charge is 0.313 e. The molecule has 3 unspecified atom stereocenters. The Morgan fingerprint density at radius 3 is 2.60 bits per heavy atom. The van der Waals surface area contributed by atoms with Gasteiger partial charge in [-0.15, -0.1) is 0 Å². The molecule has 1 aromatic rings. The molecule has 112 valence electrons. The maximum Gasteiger partial charge on any atom is 0.212 e. The quantitative estimate of drug-likeness (QED) is 0.872. The first-order valence-corrected chi connectivity index (χ1v) is 8.90. The number of piperidine rings is 1. The number of rotatable bonds is 5. The van der Waals surface area contributed by atoms with Gasteiger partial charge in [-0.2, -0.15) is 0 Å². The third-order valence-electron chi connectivity index (χ3n) is 3.85. The van der Waals surface area contributed by atoms with E-state index in [-0.39, 0.29) is 17.7 Å². The van der Waals surface area contributed by atoms with Crippen molar-refractivity contribution in [2.45, 2.75) is 44.7 Å². The summed E-state index contributed by atoms with van der Waals surface area (Å²) in [6, 6.07) is 10.3. The van der Waals surface area contributed by atoms with E-state index in [1.54, 1.807) is 0 Å². The van der Waals surface area contributed by atoms with E-state index < -0.39 is 10.0 Å². The lowest BCUT2D eigenvalue weighted by molar-refractivity contribution is 0.366. The molecular formula is C15H24N2O2S. The summed E-state index contributed by atoms with van der Waals surface area (Å²) in [4.78, 5) is 0. The van der Waals surface area contributed by atoms with Gasteiger partial charge in [-0.05, 0) is 31.2 Å². The molecule has 20 heavy (non-hydrogen) atoms. The van der Waals surface area contributed by atoms with Gasteiger partial charge in [0.1, 0.15) is 0 Å². The van der Waals surface area contributed by atoms with Crippen LogP contribution >= 0.6 is 0 Å². The van der Waals surface area contributed by atoms with Crippen LogP contribution in [0.4, 0.5) is 0 Å². The highest BCUT2D eigenvalue weighted by atomic mass is 32.2. The summed E-state index contributed by atoms with van der Waals surface area (Å²) in [6.07, 6.45) is 1.93. The van der Waals surface area contributed by atoms with Gasteiger partial charge in [0.15, 0.2) is 0 Å². The zero-order chi connectivity index (χ0) is 14.6. The van der Waals surface area contributed by atoms with Gasteiger partial charge in [0, 0.05) is 18.6 Å². The Labute approximate surface area is 122 Å². The van der Waals surface area contributed by atoms with Crippen molar-refractivity contribution in [1.29, 1.82) is 0 Å². The summed E-state index contributed by atoms with van der Waals surface area (Å²) < 4.78 is 27.3. The van der Waals surface area contributed by atoms with Gasteiger partial charge in [-0.25, -0.2) is 13.1 Å². The van der Waals surface area contributed by atoms with Gasteiger partial charge in [0.25, 0.3) is 0 Å². The van der Waals surface area contributed by atoms with E-state index in [2.05, 4.69) is 17.0 Å². The molecule has 0 spiro atoms. The van der Waals surface area contributed by atoms with Crippen LogP contribution in [0.5, 0.6) is 0 Å². The van der Waals surface area contributed by atoms with Crippen LogP contribution in [0.25, 0.3) is 0 Å². The third-order valence-corrected chi connectivity index (χ3v) is 5.48. The zero-order valence-corrected chi connectivity index (χ0v) is 13.0. The van der Waals surface area contributed by atoms with Gasteiger partial charge in [0.05, 0.1) is 5.75 Å². The molecule has 2 rings (SSSR count). The smallest absolute Gasteiger partial charge is 0.212 e. The lowest BCUT2D eigenvalue weighted by atomic mass is 10.0. The number of benzene rings is 1. The van der Waals surface area contributed by atoms with Crippen molar-refractivity contribution < 1.29 is 8.42 Å². The average molecular weight is 296 g/mol. The topological polar surface area (TPSA) is 58.2 Å². The van der Waals surface area contributed by atoms with E-state index in [9.17, 15) is 8.42 Å². The van der Waals surface area contributed by atoms with Crippen LogP contribution < -0.4 is 10.0 Å². The molecule has 1 fully saturated rings. The van der Waals surface area contributed by atoms with Crippen molar-refractivity contribution in [3.8, 4) is 0 Å². The van der Waals surface area contributed by atoms with Crippen LogP contribution in [0.3, 0.4) is 0 Å². The standard InChI is InChI=1S/C15H24N2O2S/c1-12(14-6-4-3-5-7-14)11-20(18,19)17-15-9-8-13(2)16-10-15/h3-7,12-13,15-17H,8-11H2,1-2H3. The molecule has 0 radical (unpaired) electrons. The molecule has 0 aliphatic carbocycles. The first-order valence-electron chi connectivity index (χ1n) is 7.24. The molecule has 0 aromatic heterocycles. The van der Waals surface area contributed by atoms with Crippen LogP contribution in [0.15, 0.2) is 30.3 Å². The van der Waals surface area contributed by atoms with Gasteiger partial charge in [-0.3, -0.25) is 0 Å². The minimum absolute atomic E-state index is 0.00386. The second-order valence-electron chi connectivity index (χ2n) is 5.79. The Balaban J connectivity index is 1.91. The molecule has 1 saturated heterocycles. The summed E-state index contributed by atoms with van der Waals surface area (Å²) in [5, 5.41) is 3.31. The second-order valence-corrected chi connectivity index (χ2v) is 7.59. The predicted molar refractivity (Wildman–Crippen MR) is 82.3 cm³/mol.